The third-order valence-corrected chi connectivity index (χ3v) is 5.48. The number of benzene rings is 1. The molecule has 1 saturated heterocycles. The average molecular weight is 271 g/mol. The van der Waals surface area contributed by atoms with Crippen LogP contribution in [0.15, 0.2) is 30.3 Å². The zero-order valence-corrected chi connectivity index (χ0v) is 12.2. The first kappa shape index (κ1) is 12.8. The third-order valence-electron chi connectivity index (χ3n) is 5.48. The molecule has 1 heterocycles. The van der Waals surface area contributed by atoms with Crippen LogP contribution in [0.1, 0.15) is 43.6 Å². The minimum atomic E-state index is 0.404. The van der Waals surface area contributed by atoms with E-state index < -0.39 is 0 Å². The highest BCUT2D eigenvalue weighted by Crippen LogP contribution is 2.59. The maximum Gasteiger partial charge on any atom is 0.0537 e. The lowest BCUT2D eigenvalue weighted by atomic mass is 9.76. The van der Waals surface area contributed by atoms with Crippen LogP contribution >= 0.6 is 0 Å². The van der Waals surface area contributed by atoms with E-state index in [0.29, 0.717) is 5.41 Å². The Bertz CT molecular complexity index is 448. The molecule has 2 nitrogen and oxygen atoms in total. The topological polar surface area (TPSA) is 21.3 Å². The van der Waals surface area contributed by atoms with Gasteiger partial charge in [0.2, 0.25) is 0 Å². The first-order valence-corrected chi connectivity index (χ1v) is 8.23. The van der Waals surface area contributed by atoms with Gasteiger partial charge in [-0.2, -0.15) is 0 Å². The molecular formula is C18H25NO. The lowest BCUT2D eigenvalue weighted by Gasteiger charge is -2.38. The van der Waals surface area contributed by atoms with Crippen LogP contribution in [-0.4, -0.2) is 25.8 Å². The maximum atomic E-state index is 5.88. The van der Waals surface area contributed by atoms with Crippen LogP contribution in [0.3, 0.4) is 0 Å². The van der Waals surface area contributed by atoms with Gasteiger partial charge in [0.15, 0.2) is 0 Å². The first-order chi connectivity index (χ1) is 9.87. The summed E-state index contributed by atoms with van der Waals surface area (Å²) < 4.78 is 5.88. The molecule has 0 spiro atoms. The van der Waals surface area contributed by atoms with Crippen LogP contribution in [0.5, 0.6) is 0 Å². The Hall–Kier alpha value is -0.860. The van der Waals surface area contributed by atoms with E-state index in [9.17, 15) is 0 Å². The van der Waals surface area contributed by atoms with Crippen LogP contribution in [0.2, 0.25) is 0 Å². The fourth-order valence-electron chi connectivity index (χ4n) is 4.01. The summed E-state index contributed by atoms with van der Waals surface area (Å²) in [6.45, 7) is 3.11. The van der Waals surface area contributed by atoms with E-state index >= 15 is 0 Å². The molecule has 3 unspecified atom stereocenters. The molecule has 20 heavy (non-hydrogen) atoms. The minimum Gasteiger partial charge on any atom is -0.381 e. The fraction of sp³-hybridized carbons (Fsp3) is 0.667. The van der Waals surface area contributed by atoms with E-state index in [-0.39, 0.29) is 0 Å². The molecular weight excluding hydrogens is 246 g/mol. The van der Waals surface area contributed by atoms with Crippen LogP contribution in [0.25, 0.3) is 0 Å². The third kappa shape index (κ3) is 2.51. The van der Waals surface area contributed by atoms with Gasteiger partial charge in [0.25, 0.3) is 0 Å². The van der Waals surface area contributed by atoms with Crippen LogP contribution in [-0.2, 0) is 4.74 Å². The number of nitrogens with one attached hydrogen (secondary N) is 1. The molecule has 0 amide bonds. The van der Waals surface area contributed by atoms with Gasteiger partial charge in [-0.15, -0.1) is 0 Å². The van der Waals surface area contributed by atoms with E-state index in [1.54, 1.807) is 0 Å². The minimum absolute atomic E-state index is 0.404. The second-order valence-corrected chi connectivity index (χ2v) is 7.03. The zero-order valence-electron chi connectivity index (χ0n) is 12.2. The highest BCUT2D eigenvalue weighted by molar-refractivity contribution is 5.27. The summed E-state index contributed by atoms with van der Waals surface area (Å²) in [6.07, 6.45) is 6.71. The second kappa shape index (κ2) is 5.16. The van der Waals surface area contributed by atoms with E-state index in [0.717, 1.165) is 31.1 Å². The summed E-state index contributed by atoms with van der Waals surface area (Å²) in [5.74, 6) is 1.61. The lowest BCUT2D eigenvalue weighted by Crippen LogP contribution is -2.43. The molecule has 1 aliphatic heterocycles. The average Bonchev–Trinajstić information content (AvgIpc) is 3.41. The molecule has 0 bridgehead atoms. The molecule has 3 atom stereocenters. The molecule has 3 aliphatic rings. The highest BCUT2D eigenvalue weighted by Gasteiger charge is 2.53. The van der Waals surface area contributed by atoms with Crippen molar-refractivity contribution in [1.82, 2.24) is 5.32 Å². The molecule has 1 aromatic carbocycles. The monoisotopic (exact) mass is 271 g/mol. The molecule has 1 N–H and O–H groups in total. The van der Waals surface area contributed by atoms with Gasteiger partial charge >= 0.3 is 0 Å². The number of rotatable bonds is 5. The van der Waals surface area contributed by atoms with Crippen molar-refractivity contribution >= 4 is 0 Å². The molecule has 4 rings (SSSR count). The van der Waals surface area contributed by atoms with Crippen molar-refractivity contribution in [3.8, 4) is 0 Å². The van der Waals surface area contributed by atoms with E-state index in [4.69, 9.17) is 4.74 Å². The Labute approximate surface area is 121 Å². The quantitative estimate of drug-likeness (QED) is 0.887. The molecule has 3 fully saturated rings. The molecule has 0 radical (unpaired) electrons. The fourth-order valence-corrected chi connectivity index (χ4v) is 4.01. The molecule has 2 heteroatoms. The Morgan fingerprint density at radius 3 is 2.75 bits per heavy atom. The van der Waals surface area contributed by atoms with Gasteiger partial charge in [-0.1, -0.05) is 30.3 Å². The van der Waals surface area contributed by atoms with Gasteiger partial charge in [-0.25, -0.2) is 0 Å². The van der Waals surface area contributed by atoms with Gasteiger partial charge in [0.05, 0.1) is 6.61 Å². The van der Waals surface area contributed by atoms with Gasteiger partial charge in [0.1, 0.15) is 0 Å². The lowest BCUT2D eigenvalue weighted by molar-refractivity contribution is -0.0214. The summed E-state index contributed by atoms with van der Waals surface area (Å²) >= 11 is 0. The van der Waals surface area contributed by atoms with Crippen molar-refractivity contribution in [2.45, 2.75) is 44.1 Å². The Morgan fingerprint density at radius 1 is 1.20 bits per heavy atom. The molecule has 2 aliphatic carbocycles. The summed E-state index contributed by atoms with van der Waals surface area (Å²) in [5, 5.41) is 3.78. The highest BCUT2D eigenvalue weighted by atomic mass is 16.5. The van der Waals surface area contributed by atoms with Gasteiger partial charge in [-0.3, -0.25) is 0 Å². The van der Waals surface area contributed by atoms with Crippen molar-refractivity contribution < 1.29 is 4.74 Å². The Balaban J connectivity index is 1.47. The molecule has 0 aromatic heterocycles. The second-order valence-electron chi connectivity index (χ2n) is 7.03. The molecule has 1 aromatic rings. The predicted octanol–water partition coefficient (Wildman–Crippen LogP) is 3.34. The van der Waals surface area contributed by atoms with Gasteiger partial charge in [-0.05, 0) is 49.5 Å². The van der Waals surface area contributed by atoms with E-state index in [1.165, 1.54) is 44.2 Å². The van der Waals surface area contributed by atoms with E-state index in [1.807, 2.05) is 0 Å². The van der Waals surface area contributed by atoms with Crippen molar-refractivity contribution in [1.29, 1.82) is 0 Å². The van der Waals surface area contributed by atoms with E-state index in [2.05, 4.69) is 35.6 Å². The summed E-state index contributed by atoms with van der Waals surface area (Å²) in [7, 11) is 0. The molecule has 108 valence electrons. The summed E-state index contributed by atoms with van der Waals surface area (Å²) in [5.41, 5.74) is 1.94. The van der Waals surface area contributed by atoms with Crippen molar-refractivity contribution in [2.24, 2.45) is 11.3 Å². The number of hydrogen-bond acceptors (Lipinski definition) is 2. The normalized spacial score (nSPS) is 36.8. The zero-order chi connectivity index (χ0) is 13.4. The number of hydrogen-bond donors (Lipinski definition) is 1. The van der Waals surface area contributed by atoms with Crippen molar-refractivity contribution in [2.75, 3.05) is 19.8 Å². The summed E-state index contributed by atoms with van der Waals surface area (Å²) in [6, 6.07) is 11.9. The van der Waals surface area contributed by atoms with Crippen molar-refractivity contribution in [3.05, 3.63) is 35.9 Å². The Kier molecular flexibility index (Phi) is 3.31. The maximum absolute atomic E-state index is 5.88. The smallest absolute Gasteiger partial charge is 0.0537 e. The largest absolute Gasteiger partial charge is 0.381 e. The Morgan fingerprint density at radius 2 is 2.05 bits per heavy atom. The first-order valence-electron chi connectivity index (χ1n) is 8.23. The molecule has 2 saturated carbocycles. The standard InChI is InChI=1S/C18H25NO/c1-2-5-14(6-3-1)16-11-17(16)18(9-4-10-20-13-18)12-19-15-7-8-15/h1-3,5-6,15-17,19H,4,7-13H2. The van der Waals surface area contributed by atoms with Crippen LogP contribution < -0.4 is 5.32 Å². The van der Waals surface area contributed by atoms with Gasteiger partial charge < -0.3 is 10.1 Å². The predicted molar refractivity (Wildman–Crippen MR) is 80.8 cm³/mol. The van der Waals surface area contributed by atoms with Crippen LogP contribution in [0.4, 0.5) is 0 Å². The van der Waals surface area contributed by atoms with Crippen molar-refractivity contribution in [3.63, 3.8) is 0 Å². The number of ether oxygens (including phenoxy) is 1. The summed E-state index contributed by atoms with van der Waals surface area (Å²) in [4.78, 5) is 0. The van der Waals surface area contributed by atoms with Gasteiger partial charge in [0, 0.05) is 24.6 Å². The SMILES string of the molecule is c1ccc(C2CC2C2(CNC3CC3)CCCOC2)cc1. The van der Waals surface area contributed by atoms with Crippen LogP contribution in [0, 0.1) is 11.3 Å².